The number of Topliss-reactive ketones (excluding diaryl/α,β-unsaturated/α-hetero) is 2. The van der Waals surface area contributed by atoms with E-state index in [-0.39, 0.29) is 47.6 Å². The Labute approximate surface area is 98.4 Å². The van der Waals surface area contributed by atoms with Crippen LogP contribution in [0.3, 0.4) is 0 Å². The molecular formula is C11H14N2O4. The average Bonchev–Trinajstić information content (AvgIpc) is 2.26. The highest BCUT2D eigenvalue weighted by atomic mass is 16.5. The highest BCUT2D eigenvalue weighted by molar-refractivity contribution is 6.01. The van der Waals surface area contributed by atoms with Crippen molar-refractivity contribution in [2.45, 2.75) is 13.8 Å². The second-order valence-corrected chi connectivity index (χ2v) is 3.45. The number of hydrogen-bond donors (Lipinski definition) is 2. The zero-order valence-corrected chi connectivity index (χ0v) is 9.69. The Balaban J connectivity index is 3.27. The van der Waals surface area contributed by atoms with Gasteiger partial charge in [-0.2, -0.15) is 0 Å². The molecule has 0 aliphatic carbocycles. The van der Waals surface area contributed by atoms with Crippen molar-refractivity contribution in [1.29, 1.82) is 0 Å². The van der Waals surface area contributed by atoms with E-state index in [1.54, 1.807) is 0 Å². The summed E-state index contributed by atoms with van der Waals surface area (Å²) in [5.74, 6) is -0.453. The number of carbonyl (C=O) groups excluding carboxylic acids is 2. The van der Waals surface area contributed by atoms with Crippen LogP contribution < -0.4 is 10.5 Å². The van der Waals surface area contributed by atoms with Crippen molar-refractivity contribution < 1.29 is 19.4 Å². The molecule has 0 unspecified atom stereocenters. The number of rotatable bonds is 5. The first-order valence-corrected chi connectivity index (χ1v) is 5.03. The zero-order chi connectivity index (χ0) is 13.0. The van der Waals surface area contributed by atoms with Crippen molar-refractivity contribution in [3.63, 3.8) is 0 Å². The summed E-state index contributed by atoms with van der Waals surface area (Å²) in [5.41, 5.74) is 5.89. The molecule has 6 nitrogen and oxygen atoms in total. The smallest absolute Gasteiger partial charge is 0.180 e. The van der Waals surface area contributed by atoms with Crippen molar-refractivity contribution in [3.05, 3.63) is 17.5 Å². The molecule has 0 atom stereocenters. The van der Waals surface area contributed by atoms with Crippen LogP contribution in [0, 0.1) is 0 Å². The summed E-state index contributed by atoms with van der Waals surface area (Å²) < 4.78 is 5.15. The van der Waals surface area contributed by atoms with Crippen molar-refractivity contribution in [2.24, 2.45) is 0 Å². The molecule has 1 aromatic heterocycles. The van der Waals surface area contributed by atoms with Gasteiger partial charge < -0.3 is 15.6 Å². The number of nitrogens with zero attached hydrogens (tertiary/aromatic N) is 1. The highest BCUT2D eigenvalue weighted by Crippen LogP contribution is 2.25. The maximum Gasteiger partial charge on any atom is 0.180 e. The molecule has 1 rings (SSSR count). The number of aliphatic hydroxyl groups is 1. The number of nitrogen functional groups attached to an aromatic ring is 1. The second-order valence-electron chi connectivity index (χ2n) is 3.45. The highest BCUT2D eigenvalue weighted by Gasteiger charge is 2.16. The first-order valence-electron chi connectivity index (χ1n) is 5.03. The van der Waals surface area contributed by atoms with Crippen LogP contribution in [-0.2, 0) is 0 Å². The molecule has 0 aliphatic rings. The molecule has 0 radical (unpaired) electrons. The van der Waals surface area contributed by atoms with Crippen LogP contribution in [0.5, 0.6) is 5.75 Å². The van der Waals surface area contributed by atoms with Crippen LogP contribution in [0.2, 0.25) is 0 Å². The van der Waals surface area contributed by atoms with E-state index in [0.717, 1.165) is 0 Å². The first-order chi connectivity index (χ1) is 7.97. The minimum atomic E-state index is -0.348. The molecule has 0 fully saturated rings. The number of ketones is 2. The lowest BCUT2D eigenvalue weighted by Gasteiger charge is -2.11. The Kier molecular flexibility index (Phi) is 4.17. The standard InChI is InChI=1S/C11H14N2O4/c1-6(15)8-5-9(17-4-3-14)10(12)11(13-8)7(2)16/h5,14H,3-4,12H2,1-2H3. The summed E-state index contributed by atoms with van der Waals surface area (Å²) in [5, 5.41) is 8.66. The Morgan fingerprint density at radius 1 is 1.41 bits per heavy atom. The van der Waals surface area contributed by atoms with Crippen molar-refractivity contribution in [3.8, 4) is 5.75 Å². The van der Waals surface area contributed by atoms with Gasteiger partial charge in [0.15, 0.2) is 11.6 Å². The van der Waals surface area contributed by atoms with Gasteiger partial charge in [-0.25, -0.2) is 4.98 Å². The monoisotopic (exact) mass is 238 g/mol. The molecule has 1 aromatic rings. The lowest BCUT2D eigenvalue weighted by Crippen LogP contribution is -2.12. The van der Waals surface area contributed by atoms with E-state index in [1.165, 1.54) is 19.9 Å². The van der Waals surface area contributed by atoms with Crippen LogP contribution in [-0.4, -0.2) is 34.9 Å². The van der Waals surface area contributed by atoms with Crippen molar-refractivity contribution in [1.82, 2.24) is 4.98 Å². The van der Waals surface area contributed by atoms with Gasteiger partial charge in [-0.1, -0.05) is 0 Å². The Hall–Kier alpha value is -1.95. The summed E-state index contributed by atoms with van der Waals surface area (Å²) in [7, 11) is 0. The van der Waals surface area contributed by atoms with E-state index in [9.17, 15) is 9.59 Å². The molecule has 0 aliphatic heterocycles. The third-order valence-corrected chi connectivity index (χ3v) is 2.06. The molecule has 6 heteroatoms. The first kappa shape index (κ1) is 13.1. The fourth-order valence-electron chi connectivity index (χ4n) is 1.26. The summed E-state index contributed by atoms with van der Waals surface area (Å²) in [6, 6.07) is 1.36. The van der Waals surface area contributed by atoms with Crippen LogP contribution in [0.15, 0.2) is 6.07 Å². The Morgan fingerprint density at radius 2 is 2.06 bits per heavy atom. The summed E-state index contributed by atoms with van der Waals surface area (Å²) >= 11 is 0. The third kappa shape index (κ3) is 3.01. The molecule has 0 saturated carbocycles. The van der Waals surface area contributed by atoms with E-state index < -0.39 is 0 Å². The minimum absolute atomic E-state index is 0.00522. The fourth-order valence-corrected chi connectivity index (χ4v) is 1.26. The third-order valence-electron chi connectivity index (χ3n) is 2.06. The van der Waals surface area contributed by atoms with Gasteiger partial charge >= 0.3 is 0 Å². The van der Waals surface area contributed by atoms with Gasteiger partial charge in [-0.15, -0.1) is 0 Å². The van der Waals surface area contributed by atoms with E-state index in [2.05, 4.69) is 4.98 Å². The minimum Gasteiger partial charge on any atom is -0.489 e. The summed E-state index contributed by atoms with van der Waals surface area (Å²) in [4.78, 5) is 26.4. The maximum atomic E-state index is 11.3. The van der Waals surface area contributed by atoms with E-state index >= 15 is 0 Å². The van der Waals surface area contributed by atoms with Gasteiger partial charge in [-0.05, 0) is 0 Å². The van der Waals surface area contributed by atoms with E-state index in [4.69, 9.17) is 15.6 Å². The molecule has 0 aromatic carbocycles. The van der Waals surface area contributed by atoms with Crippen molar-refractivity contribution >= 4 is 17.3 Å². The molecule has 92 valence electrons. The zero-order valence-electron chi connectivity index (χ0n) is 9.69. The Morgan fingerprint density at radius 3 is 2.53 bits per heavy atom. The van der Waals surface area contributed by atoms with Crippen molar-refractivity contribution in [2.75, 3.05) is 18.9 Å². The maximum absolute atomic E-state index is 11.3. The van der Waals surface area contributed by atoms with Gasteiger partial charge in [0.1, 0.15) is 29.4 Å². The van der Waals surface area contributed by atoms with Crippen LogP contribution >= 0.6 is 0 Å². The molecule has 3 N–H and O–H groups in total. The number of pyridine rings is 1. The van der Waals surface area contributed by atoms with E-state index in [1.807, 2.05) is 0 Å². The summed E-state index contributed by atoms with van der Waals surface area (Å²) in [6.45, 7) is 2.48. The number of carbonyl (C=O) groups is 2. The van der Waals surface area contributed by atoms with Gasteiger partial charge in [0.25, 0.3) is 0 Å². The quantitative estimate of drug-likeness (QED) is 0.721. The molecule has 0 saturated heterocycles. The van der Waals surface area contributed by atoms with Gasteiger partial charge in [0.2, 0.25) is 0 Å². The van der Waals surface area contributed by atoms with E-state index in [0.29, 0.717) is 0 Å². The molecule has 1 heterocycles. The SMILES string of the molecule is CC(=O)c1cc(OCCO)c(N)c(C(C)=O)n1. The molecule has 0 bridgehead atoms. The number of nitrogens with two attached hydrogens (primary N) is 1. The molecule has 0 spiro atoms. The van der Waals surface area contributed by atoms with Gasteiger partial charge in [0, 0.05) is 19.9 Å². The topological polar surface area (TPSA) is 103 Å². The predicted molar refractivity (Wildman–Crippen MR) is 61.2 cm³/mol. The normalized spacial score (nSPS) is 10.1. The van der Waals surface area contributed by atoms with Crippen LogP contribution in [0.1, 0.15) is 34.8 Å². The fraction of sp³-hybridized carbons (Fsp3) is 0.364. The molecule has 17 heavy (non-hydrogen) atoms. The predicted octanol–water partition coefficient (Wildman–Crippen LogP) is 0.440. The number of anilines is 1. The molecular weight excluding hydrogens is 224 g/mol. The van der Waals surface area contributed by atoms with Gasteiger partial charge in [-0.3, -0.25) is 9.59 Å². The number of ether oxygens (including phenoxy) is 1. The lowest BCUT2D eigenvalue weighted by molar-refractivity contribution is 0.100. The van der Waals surface area contributed by atoms with Gasteiger partial charge in [0.05, 0.1) is 6.61 Å². The van der Waals surface area contributed by atoms with Crippen LogP contribution in [0.25, 0.3) is 0 Å². The number of aliphatic hydroxyl groups excluding tert-OH is 1. The Bertz CT molecular complexity index is 457. The largest absolute Gasteiger partial charge is 0.489 e. The molecule has 0 amide bonds. The summed E-state index contributed by atoms with van der Waals surface area (Å²) in [6.07, 6.45) is 0. The van der Waals surface area contributed by atoms with Crippen LogP contribution in [0.4, 0.5) is 5.69 Å². The average molecular weight is 238 g/mol. The lowest BCUT2D eigenvalue weighted by atomic mass is 10.1. The number of aromatic nitrogens is 1. The second kappa shape index (κ2) is 5.40. The number of hydrogen-bond acceptors (Lipinski definition) is 6.